The highest BCUT2D eigenvalue weighted by molar-refractivity contribution is 8.26. The minimum Gasteiger partial charge on any atom is -0.302 e. The van der Waals surface area contributed by atoms with Crippen molar-refractivity contribution in [3.05, 3.63) is 86.2 Å². The first-order chi connectivity index (χ1) is 15.9. The molecule has 0 radical (unpaired) electrons. The van der Waals surface area contributed by atoms with E-state index in [9.17, 15) is 9.59 Å². The van der Waals surface area contributed by atoms with E-state index in [0.717, 1.165) is 21.6 Å². The van der Waals surface area contributed by atoms with E-state index in [0.29, 0.717) is 25.8 Å². The highest BCUT2D eigenvalue weighted by Gasteiger charge is 2.32. The summed E-state index contributed by atoms with van der Waals surface area (Å²) in [5.74, 6) is -0.378. The molecule has 0 spiro atoms. The second-order valence-corrected chi connectivity index (χ2v) is 10.7. The highest BCUT2D eigenvalue weighted by Crippen LogP contribution is 2.32. The summed E-state index contributed by atoms with van der Waals surface area (Å²) in [6.07, 6.45) is 4.44. The third-order valence-corrected chi connectivity index (χ3v) is 7.45. The number of thioether (sulfide) groups is 1. The van der Waals surface area contributed by atoms with Gasteiger partial charge in [-0.2, -0.15) is 0 Å². The van der Waals surface area contributed by atoms with Gasteiger partial charge in [0.15, 0.2) is 5.13 Å². The quantitative estimate of drug-likeness (QED) is 0.313. The van der Waals surface area contributed by atoms with Gasteiger partial charge in [0.2, 0.25) is 5.91 Å². The number of amides is 2. The molecule has 2 aromatic carbocycles. The summed E-state index contributed by atoms with van der Waals surface area (Å²) in [6, 6.07) is 15.6. The standard InChI is InChI=1S/C24H20ClN3O2S3/c1-15-2-4-17(5-3-15)13-20-22(30)28(24(31)33-20)11-10-21(29)27-23-26-14-19(32-23)12-16-6-8-18(25)9-7-16/h2-9,13-14H,10-12H2,1H3,(H,26,27,29). The van der Waals surface area contributed by atoms with Crippen LogP contribution in [0, 0.1) is 6.92 Å². The van der Waals surface area contributed by atoms with Gasteiger partial charge in [-0.05, 0) is 36.3 Å². The van der Waals surface area contributed by atoms with Crippen molar-refractivity contribution in [1.82, 2.24) is 9.88 Å². The minimum absolute atomic E-state index is 0.135. The average Bonchev–Trinajstić information content (AvgIpc) is 3.33. The Labute approximate surface area is 210 Å². The Morgan fingerprint density at radius 3 is 2.64 bits per heavy atom. The van der Waals surface area contributed by atoms with Crippen LogP contribution in [0.1, 0.15) is 28.0 Å². The van der Waals surface area contributed by atoms with Gasteiger partial charge in [-0.15, -0.1) is 11.3 Å². The number of hydrogen-bond donors (Lipinski definition) is 1. The molecule has 1 aromatic heterocycles. The number of thiocarbonyl (C=S) groups is 1. The molecule has 0 aliphatic carbocycles. The number of thiazole rings is 1. The summed E-state index contributed by atoms with van der Waals surface area (Å²) >= 11 is 14.0. The Kier molecular flexibility index (Phi) is 7.60. The van der Waals surface area contributed by atoms with Crippen LogP contribution in [0.3, 0.4) is 0 Å². The summed E-state index contributed by atoms with van der Waals surface area (Å²) in [7, 11) is 0. The summed E-state index contributed by atoms with van der Waals surface area (Å²) in [5.41, 5.74) is 3.22. The number of carbonyl (C=O) groups excluding carboxylic acids is 2. The maximum Gasteiger partial charge on any atom is 0.266 e. The smallest absolute Gasteiger partial charge is 0.266 e. The van der Waals surface area contributed by atoms with Gasteiger partial charge >= 0.3 is 0 Å². The van der Waals surface area contributed by atoms with E-state index in [1.807, 2.05) is 61.5 Å². The van der Waals surface area contributed by atoms with Crippen LogP contribution < -0.4 is 5.32 Å². The topological polar surface area (TPSA) is 62.3 Å². The zero-order chi connectivity index (χ0) is 23.4. The van der Waals surface area contributed by atoms with E-state index in [4.69, 9.17) is 23.8 Å². The Hall–Kier alpha value is -2.52. The first-order valence-electron chi connectivity index (χ1n) is 10.2. The van der Waals surface area contributed by atoms with E-state index < -0.39 is 0 Å². The molecule has 5 nitrogen and oxygen atoms in total. The highest BCUT2D eigenvalue weighted by atomic mass is 35.5. The van der Waals surface area contributed by atoms with Gasteiger partial charge in [0, 0.05) is 35.5 Å². The van der Waals surface area contributed by atoms with Crippen LogP contribution in [0.2, 0.25) is 5.02 Å². The average molecular weight is 514 g/mol. The third kappa shape index (κ3) is 6.29. The van der Waals surface area contributed by atoms with E-state index >= 15 is 0 Å². The molecule has 1 saturated heterocycles. The molecule has 3 aromatic rings. The van der Waals surface area contributed by atoms with Crippen molar-refractivity contribution < 1.29 is 9.59 Å². The predicted octanol–water partition coefficient (Wildman–Crippen LogP) is 5.93. The summed E-state index contributed by atoms with van der Waals surface area (Å²) in [6.45, 7) is 2.24. The first-order valence-corrected chi connectivity index (χ1v) is 12.6. The lowest BCUT2D eigenvalue weighted by molar-refractivity contribution is -0.122. The molecule has 1 aliphatic rings. The summed E-state index contributed by atoms with van der Waals surface area (Å²) in [4.78, 5) is 32.5. The maximum absolute atomic E-state index is 12.8. The molecular formula is C24H20ClN3O2S3. The molecule has 0 saturated carbocycles. The lowest BCUT2D eigenvalue weighted by atomic mass is 10.1. The van der Waals surface area contributed by atoms with Crippen molar-refractivity contribution in [2.75, 3.05) is 11.9 Å². The van der Waals surface area contributed by atoms with Crippen LogP contribution >= 0.6 is 46.9 Å². The van der Waals surface area contributed by atoms with Crippen LogP contribution in [-0.4, -0.2) is 32.6 Å². The Morgan fingerprint density at radius 2 is 1.91 bits per heavy atom. The lowest BCUT2D eigenvalue weighted by Crippen LogP contribution is -2.31. The van der Waals surface area contributed by atoms with E-state index in [1.54, 1.807) is 6.20 Å². The zero-order valence-electron chi connectivity index (χ0n) is 17.7. The van der Waals surface area contributed by atoms with Crippen LogP contribution in [-0.2, 0) is 16.0 Å². The van der Waals surface area contributed by atoms with Crippen LogP contribution in [0.25, 0.3) is 6.08 Å². The number of hydrogen-bond acceptors (Lipinski definition) is 6. The van der Waals surface area contributed by atoms with Crippen LogP contribution in [0.15, 0.2) is 59.6 Å². The molecule has 4 rings (SSSR count). The maximum atomic E-state index is 12.8. The monoisotopic (exact) mass is 513 g/mol. The second-order valence-electron chi connectivity index (χ2n) is 7.48. The fraction of sp³-hybridized carbons (Fsp3) is 0.167. The molecule has 1 fully saturated rings. The number of aryl methyl sites for hydroxylation is 1. The number of nitrogens with zero attached hydrogens (tertiary/aromatic N) is 2. The molecule has 0 unspecified atom stereocenters. The number of halogens is 1. The molecule has 33 heavy (non-hydrogen) atoms. The third-order valence-electron chi connectivity index (χ3n) is 4.90. The van der Waals surface area contributed by atoms with E-state index in [2.05, 4.69) is 10.3 Å². The SMILES string of the molecule is Cc1ccc(C=C2SC(=S)N(CCC(=O)Nc3ncc(Cc4ccc(Cl)cc4)s3)C2=O)cc1. The Morgan fingerprint density at radius 1 is 1.18 bits per heavy atom. The number of benzene rings is 2. The molecule has 168 valence electrons. The second kappa shape index (κ2) is 10.6. The fourth-order valence-electron chi connectivity index (χ4n) is 3.15. The van der Waals surface area contributed by atoms with Gasteiger partial charge in [0.05, 0.1) is 4.91 Å². The predicted molar refractivity (Wildman–Crippen MR) is 141 cm³/mol. The normalized spacial score (nSPS) is 14.8. The summed E-state index contributed by atoms with van der Waals surface area (Å²) in [5, 5.41) is 4.04. The molecule has 0 bridgehead atoms. The van der Waals surface area contributed by atoms with Gasteiger partial charge in [0.25, 0.3) is 5.91 Å². The van der Waals surface area contributed by atoms with Crippen molar-refractivity contribution in [3.63, 3.8) is 0 Å². The largest absolute Gasteiger partial charge is 0.302 e. The lowest BCUT2D eigenvalue weighted by Gasteiger charge is -2.13. The van der Waals surface area contributed by atoms with Crippen molar-refractivity contribution in [3.8, 4) is 0 Å². The number of aromatic nitrogens is 1. The molecule has 2 heterocycles. The Balaban J connectivity index is 1.30. The fourth-order valence-corrected chi connectivity index (χ4v) is 5.45. The minimum atomic E-state index is -0.209. The number of nitrogens with one attached hydrogen (secondary N) is 1. The Bertz CT molecular complexity index is 1220. The number of rotatable bonds is 7. The van der Waals surface area contributed by atoms with Gasteiger partial charge in [-0.1, -0.05) is 77.5 Å². The van der Waals surface area contributed by atoms with Crippen LogP contribution in [0.4, 0.5) is 5.13 Å². The zero-order valence-corrected chi connectivity index (χ0v) is 20.9. The summed E-state index contributed by atoms with van der Waals surface area (Å²) < 4.78 is 0.464. The van der Waals surface area contributed by atoms with Gasteiger partial charge in [-0.3, -0.25) is 14.5 Å². The van der Waals surface area contributed by atoms with Gasteiger partial charge < -0.3 is 5.32 Å². The molecule has 1 aliphatic heterocycles. The first kappa shape index (κ1) is 23.6. The van der Waals surface area contributed by atoms with Crippen molar-refractivity contribution in [2.24, 2.45) is 0 Å². The molecule has 9 heteroatoms. The van der Waals surface area contributed by atoms with Crippen molar-refractivity contribution in [1.29, 1.82) is 0 Å². The van der Waals surface area contributed by atoms with Gasteiger partial charge in [0.1, 0.15) is 4.32 Å². The molecule has 0 atom stereocenters. The molecule has 2 amide bonds. The van der Waals surface area contributed by atoms with Crippen molar-refractivity contribution in [2.45, 2.75) is 19.8 Å². The van der Waals surface area contributed by atoms with E-state index in [1.165, 1.54) is 28.0 Å². The molecule has 1 N–H and O–H groups in total. The van der Waals surface area contributed by atoms with Crippen molar-refractivity contribution >= 4 is 74.3 Å². The van der Waals surface area contributed by atoms with E-state index in [-0.39, 0.29) is 24.8 Å². The van der Waals surface area contributed by atoms with Gasteiger partial charge in [-0.25, -0.2) is 4.98 Å². The number of anilines is 1. The molecular weight excluding hydrogens is 494 g/mol. The van der Waals surface area contributed by atoms with Crippen LogP contribution in [0.5, 0.6) is 0 Å². The number of carbonyl (C=O) groups is 2.